The first-order valence-electron chi connectivity index (χ1n) is 28.5. The van der Waals surface area contributed by atoms with Gasteiger partial charge in [-0.25, -0.2) is 18.8 Å². The number of ether oxygens (including phenoxy) is 12. The van der Waals surface area contributed by atoms with Crippen LogP contribution in [0.4, 0.5) is 17.6 Å². The van der Waals surface area contributed by atoms with Crippen LogP contribution in [0.5, 0.6) is 40.2 Å². The monoisotopic (exact) mass is 1270 g/mol. The zero-order valence-electron chi connectivity index (χ0n) is 50.0. The second-order valence-corrected chi connectivity index (χ2v) is 20.3. The molecule has 6 aromatic rings. The van der Waals surface area contributed by atoms with Crippen LogP contribution in [0.3, 0.4) is 0 Å². The second kappa shape index (κ2) is 35.6. The van der Waals surface area contributed by atoms with Gasteiger partial charge in [-0.2, -0.15) is 0 Å². The summed E-state index contributed by atoms with van der Waals surface area (Å²) in [6, 6.07) is 34.7. The SMILES string of the molecule is CC1c2cc(OC(=O)c3ccc(OCCCCOCC4CO4)cc3)ccc2-c2ccc(OC(=O)c3ccc(OCCCCOCC4CO4)cc3)cc21.CCC1(COc2ccc(/C=C/C(=O)Oc3ccc(OC(F)(F)F)c(F)c3)cc2)COC1.[H-].[K+].[K][K]. The number of fused-ring (bicyclic) bond motifs is 3. The molecule has 3 aliphatic heterocycles. The zero-order valence-corrected chi connectivity index (χ0v) is 58.3. The van der Waals surface area contributed by atoms with Crippen molar-refractivity contribution >= 4 is 87.1 Å². The Hall–Kier alpha value is -2.90. The van der Waals surface area contributed by atoms with Gasteiger partial charge in [0.2, 0.25) is 0 Å². The number of benzene rings is 6. The first-order chi connectivity index (χ1) is 41.2. The molecule has 442 valence electrons. The summed E-state index contributed by atoms with van der Waals surface area (Å²) >= 11 is 2.50. The standard InChI is InChI=1S/C42H44O10.C22H20F4O5.3K.H/c1-28-39-22-33(51-41(43)29-6-10-31(11-7-29)47-20-4-2-18-45-24-35-26-49-35)14-16-37(39)38-17-15-34(23-40(28)38)52-42(44)30-8-12-32(13-9-30)48-21-5-3-19-46-25-36-27-50-36;1-2-21(12-28-13-21)14-29-16-6-3-15(4-7-16)5-10-20(27)30-17-8-9-19(18(23)11-17)31-22(24,25)26;;;;/h6-17,22-23,28,35-36H,2-5,18-21,24-27H2,1H3;3-11H,2,12-14H2,1H3;;;;/q;;;;+1;-1/b;10-5+;;;;. The summed E-state index contributed by atoms with van der Waals surface area (Å²) < 4.78 is 114. The van der Waals surface area contributed by atoms with Crippen molar-refractivity contribution in [1.29, 1.82) is 0 Å². The van der Waals surface area contributed by atoms with Crippen molar-refractivity contribution in [2.75, 3.05) is 72.7 Å². The molecule has 0 bridgehead atoms. The third kappa shape index (κ3) is 22.8. The topological polar surface area (TPSA) is 169 Å². The van der Waals surface area contributed by atoms with Crippen LogP contribution in [0, 0.1) is 11.2 Å². The van der Waals surface area contributed by atoms with Gasteiger partial charge < -0.3 is 58.3 Å². The summed E-state index contributed by atoms with van der Waals surface area (Å²) in [4.78, 5) is 37.8. The zero-order chi connectivity index (χ0) is 60.2. The van der Waals surface area contributed by atoms with Crippen LogP contribution >= 0.6 is 0 Å². The fourth-order valence-electron chi connectivity index (χ4n) is 8.80. The number of carbonyl (C=O) groups is 3. The van der Waals surface area contributed by atoms with Gasteiger partial charge in [0.05, 0.1) is 76.0 Å². The molecule has 0 amide bonds. The quantitative estimate of drug-likeness (QED) is 0.00868. The first-order valence-corrected chi connectivity index (χ1v) is 44.5. The Labute approximate surface area is 586 Å². The molecule has 0 radical (unpaired) electrons. The van der Waals surface area contributed by atoms with E-state index in [-0.39, 0.29) is 82.1 Å². The van der Waals surface area contributed by atoms with Crippen molar-refractivity contribution in [2.45, 2.75) is 70.4 Å². The van der Waals surface area contributed by atoms with E-state index in [9.17, 15) is 31.9 Å². The molecule has 0 saturated carbocycles. The normalized spacial score (nSPS) is 16.5. The molecule has 1 aliphatic carbocycles. The fraction of sp³-hybridized carbons (Fsp3) is 0.359. The summed E-state index contributed by atoms with van der Waals surface area (Å²) in [6.07, 6.45) is 2.71. The summed E-state index contributed by atoms with van der Waals surface area (Å²) in [7, 11) is 0. The molecule has 0 aromatic heterocycles. The van der Waals surface area contributed by atoms with Crippen molar-refractivity contribution in [3.63, 3.8) is 0 Å². The Morgan fingerprint density at radius 3 is 1.50 bits per heavy atom. The van der Waals surface area contributed by atoms with Gasteiger partial charge in [0.15, 0.2) is 11.6 Å². The summed E-state index contributed by atoms with van der Waals surface area (Å²) in [5.41, 5.74) is 5.82. The van der Waals surface area contributed by atoms with E-state index in [1.165, 1.54) is 69.2 Å². The number of epoxide rings is 2. The Bertz CT molecular complexity index is 3040. The van der Waals surface area contributed by atoms with E-state index in [2.05, 4.69) is 18.6 Å². The molecule has 2 unspecified atom stereocenters. The van der Waals surface area contributed by atoms with Gasteiger partial charge in [0, 0.05) is 31.3 Å². The number of hydrogen-bond donors (Lipinski definition) is 0. The van der Waals surface area contributed by atoms with Crippen molar-refractivity contribution in [3.8, 4) is 51.4 Å². The van der Waals surface area contributed by atoms with Crippen molar-refractivity contribution < 1.29 is 142 Å². The summed E-state index contributed by atoms with van der Waals surface area (Å²) in [5, 5.41) is 0. The molecule has 2 atom stereocenters. The minimum atomic E-state index is -5.02. The van der Waals surface area contributed by atoms with Crippen LogP contribution in [-0.2, 0) is 28.5 Å². The van der Waals surface area contributed by atoms with Crippen LogP contribution in [0.15, 0.2) is 133 Å². The third-order valence-corrected chi connectivity index (χ3v) is 13.9. The van der Waals surface area contributed by atoms with Crippen LogP contribution in [0.2, 0.25) is 0 Å². The first kappa shape index (κ1) is 70.6. The van der Waals surface area contributed by atoms with Gasteiger partial charge in [-0.15, -0.1) is 13.2 Å². The van der Waals surface area contributed by atoms with E-state index in [0.29, 0.717) is 111 Å². The van der Waals surface area contributed by atoms with Gasteiger partial charge in [0.1, 0.15) is 46.7 Å². The number of rotatable bonds is 28. The Balaban J connectivity index is 0.000000297. The summed E-state index contributed by atoms with van der Waals surface area (Å²) in [5.74, 6) is -1.26. The molecule has 3 fully saturated rings. The molecule has 3 saturated heterocycles. The van der Waals surface area contributed by atoms with Crippen LogP contribution in [0.1, 0.15) is 90.7 Å². The van der Waals surface area contributed by atoms with E-state index >= 15 is 0 Å². The van der Waals surface area contributed by atoms with Crippen LogP contribution in [-0.4, -0.2) is 172 Å². The molecule has 10 rings (SSSR count). The molecule has 86 heavy (non-hydrogen) atoms. The van der Waals surface area contributed by atoms with Gasteiger partial charge in [-0.1, -0.05) is 38.1 Å². The molecule has 3 heterocycles. The molecule has 0 N–H and O–H groups in total. The summed E-state index contributed by atoms with van der Waals surface area (Å²) in [6.45, 7) is 11.6. The molecule has 6 aromatic carbocycles. The number of halogens is 4. The molecular formula is C64H65F4K3O15. The average molecular weight is 1270 g/mol. The number of esters is 3. The molecule has 0 spiro atoms. The van der Waals surface area contributed by atoms with Crippen molar-refractivity contribution in [3.05, 3.63) is 167 Å². The van der Waals surface area contributed by atoms with E-state index in [4.69, 9.17) is 52.1 Å². The van der Waals surface area contributed by atoms with Crippen molar-refractivity contribution in [1.82, 2.24) is 0 Å². The second-order valence-electron chi connectivity index (χ2n) is 20.3. The van der Waals surface area contributed by atoms with E-state index in [1.807, 2.05) is 24.3 Å². The Kier molecular flexibility index (Phi) is 29.2. The fourth-order valence-corrected chi connectivity index (χ4v) is 8.80. The van der Waals surface area contributed by atoms with E-state index in [0.717, 1.165) is 85.8 Å². The minimum absolute atomic E-state index is 0. The van der Waals surface area contributed by atoms with E-state index in [1.54, 1.807) is 84.9 Å². The maximum absolute atomic E-state index is 13.7. The molecule has 15 nitrogen and oxygen atoms in total. The molecule has 4 aliphatic rings. The van der Waals surface area contributed by atoms with Gasteiger partial charge in [-0.05, 0) is 163 Å². The molecule has 22 heteroatoms. The van der Waals surface area contributed by atoms with Crippen LogP contribution in [0.25, 0.3) is 17.2 Å². The predicted octanol–water partition coefficient (Wildman–Crippen LogP) is 8.91. The number of alkyl halides is 3. The average Bonchev–Trinajstić information content (AvgIpc) is 2.32. The number of carbonyl (C=O) groups excluding carboxylic acids is 3. The van der Waals surface area contributed by atoms with Gasteiger partial charge in [-0.3, -0.25) is 0 Å². The molecular weight excluding hydrogens is 1200 g/mol. The Morgan fingerprint density at radius 2 is 1.06 bits per heavy atom. The number of unbranched alkanes of at least 4 members (excludes halogenated alkanes) is 2. The van der Waals surface area contributed by atoms with E-state index < -0.39 is 35.8 Å². The maximum atomic E-state index is 13.7. The predicted molar refractivity (Wildman–Crippen MR) is 309 cm³/mol. The van der Waals surface area contributed by atoms with Gasteiger partial charge >= 0.3 is 139 Å². The number of hydrogen-bond acceptors (Lipinski definition) is 15. The van der Waals surface area contributed by atoms with Crippen molar-refractivity contribution in [2.24, 2.45) is 5.41 Å². The third-order valence-electron chi connectivity index (χ3n) is 13.9. The van der Waals surface area contributed by atoms with Gasteiger partial charge in [0.25, 0.3) is 0 Å². The van der Waals surface area contributed by atoms with Crippen LogP contribution < -0.4 is 84.5 Å². The Morgan fingerprint density at radius 1 is 0.616 bits per heavy atom.